The van der Waals surface area contributed by atoms with Crippen molar-refractivity contribution in [3.8, 4) is 0 Å². The average molecular weight is 243 g/mol. The first kappa shape index (κ1) is 11.7. The zero-order valence-corrected chi connectivity index (χ0v) is 10.3. The molecule has 1 N–H and O–H groups in total. The maximum absolute atomic E-state index is 12.9. The summed E-state index contributed by atoms with van der Waals surface area (Å²) < 4.78 is 12.9. The first-order valence-electron chi connectivity index (χ1n) is 5.48. The van der Waals surface area contributed by atoms with Crippen molar-refractivity contribution in [3.05, 3.63) is 29.0 Å². The maximum Gasteiger partial charge on any atom is 0.124 e. The molecule has 0 radical (unpaired) electrons. The monoisotopic (exact) mass is 242 g/mol. The average Bonchev–Trinajstić information content (AvgIpc) is 2.51. The molecule has 0 amide bonds. The van der Waals surface area contributed by atoms with E-state index in [1.807, 2.05) is 0 Å². The van der Waals surface area contributed by atoms with Crippen LogP contribution in [0.25, 0.3) is 0 Å². The van der Waals surface area contributed by atoms with Crippen molar-refractivity contribution in [1.82, 2.24) is 4.90 Å². The summed E-state index contributed by atoms with van der Waals surface area (Å²) in [4.78, 5) is 2.30. The van der Waals surface area contributed by atoms with E-state index in [0.29, 0.717) is 17.1 Å². The molecule has 2 nitrogen and oxygen atoms in total. The smallest absolute Gasteiger partial charge is 0.124 e. The van der Waals surface area contributed by atoms with Gasteiger partial charge >= 0.3 is 0 Å². The topological polar surface area (TPSA) is 15.3 Å². The molecule has 88 valence electrons. The van der Waals surface area contributed by atoms with Gasteiger partial charge in [-0.25, -0.2) is 4.39 Å². The van der Waals surface area contributed by atoms with Crippen LogP contribution in [-0.2, 0) is 0 Å². The molecule has 1 aliphatic heterocycles. The molecule has 16 heavy (non-hydrogen) atoms. The Morgan fingerprint density at radius 1 is 1.50 bits per heavy atom. The van der Waals surface area contributed by atoms with Crippen LogP contribution in [0.2, 0.25) is 5.02 Å². The third kappa shape index (κ3) is 2.47. The Bertz CT molecular complexity index is 373. The lowest BCUT2D eigenvalue weighted by molar-refractivity contribution is 0.330. The van der Waals surface area contributed by atoms with Gasteiger partial charge in [-0.1, -0.05) is 11.6 Å². The van der Waals surface area contributed by atoms with E-state index in [4.69, 9.17) is 11.6 Å². The van der Waals surface area contributed by atoms with E-state index in [1.165, 1.54) is 12.1 Å². The minimum Gasteiger partial charge on any atom is -0.380 e. The SMILES string of the molecule is CC1CC(Nc2ccc(F)cc2Cl)CN1C. The zero-order valence-electron chi connectivity index (χ0n) is 9.50. The number of nitrogens with zero attached hydrogens (tertiary/aromatic N) is 1. The quantitative estimate of drug-likeness (QED) is 0.858. The highest BCUT2D eigenvalue weighted by molar-refractivity contribution is 6.33. The standard InChI is InChI=1S/C12H16ClFN2/c1-8-5-10(7-16(8)2)15-12-4-3-9(14)6-11(12)13/h3-4,6,8,10,15H,5,7H2,1-2H3. The number of hydrogen-bond acceptors (Lipinski definition) is 2. The molecule has 1 aromatic carbocycles. The van der Waals surface area contributed by atoms with Gasteiger partial charge in [-0.15, -0.1) is 0 Å². The van der Waals surface area contributed by atoms with Crippen LogP contribution in [0.5, 0.6) is 0 Å². The Labute approximate surface area is 100 Å². The van der Waals surface area contributed by atoms with Crippen LogP contribution in [0.3, 0.4) is 0 Å². The second-order valence-electron chi connectivity index (χ2n) is 4.49. The summed E-state index contributed by atoms with van der Waals surface area (Å²) in [5, 5.41) is 3.80. The molecular weight excluding hydrogens is 227 g/mol. The van der Waals surface area contributed by atoms with Crippen LogP contribution >= 0.6 is 11.6 Å². The molecule has 2 atom stereocenters. The first-order valence-corrected chi connectivity index (χ1v) is 5.86. The fourth-order valence-corrected chi connectivity index (χ4v) is 2.35. The molecule has 1 aliphatic rings. The number of halogens is 2. The third-order valence-electron chi connectivity index (χ3n) is 3.18. The van der Waals surface area contributed by atoms with Crippen LogP contribution in [0.15, 0.2) is 18.2 Å². The minimum absolute atomic E-state index is 0.299. The van der Waals surface area contributed by atoms with E-state index in [1.54, 1.807) is 6.07 Å². The molecule has 1 heterocycles. The lowest BCUT2D eigenvalue weighted by Gasteiger charge is -2.15. The maximum atomic E-state index is 12.9. The number of likely N-dealkylation sites (tertiary alicyclic amines) is 1. The van der Waals surface area contributed by atoms with Crippen molar-refractivity contribution >= 4 is 17.3 Å². The van der Waals surface area contributed by atoms with Crippen molar-refractivity contribution in [2.24, 2.45) is 0 Å². The van der Waals surface area contributed by atoms with Crippen LogP contribution in [0.1, 0.15) is 13.3 Å². The van der Waals surface area contributed by atoms with E-state index in [2.05, 4.69) is 24.2 Å². The highest BCUT2D eigenvalue weighted by atomic mass is 35.5. The Balaban J connectivity index is 2.05. The van der Waals surface area contributed by atoms with Crippen molar-refractivity contribution in [3.63, 3.8) is 0 Å². The van der Waals surface area contributed by atoms with Gasteiger partial charge in [0.1, 0.15) is 5.82 Å². The summed E-state index contributed by atoms with van der Waals surface area (Å²) in [5.41, 5.74) is 0.815. The predicted octanol–water partition coefficient (Wildman–Crippen LogP) is 2.98. The van der Waals surface area contributed by atoms with Gasteiger partial charge in [0.25, 0.3) is 0 Å². The van der Waals surface area contributed by atoms with Gasteiger partial charge in [0, 0.05) is 18.6 Å². The van der Waals surface area contributed by atoms with E-state index < -0.39 is 0 Å². The van der Waals surface area contributed by atoms with Crippen LogP contribution in [-0.4, -0.2) is 30.6 Å². The van der Waals surface area contributed by atoms with E-state index in [-0.39, 0.29) is 5.82 Å². The van der Waals surface area contributed by atoms with Crippen molar-refractivity contribution in [2.45, 2.75) is 25.4 Å². The summed E-state index contributed by atoms with van der Waals surface area (Å²) in [7, 11) is 2.11. The molecule has 1 fully saturated rings. The lowest BCUT2D eigenvalue weighted by atomic mass is 10.2. The summed E-state index contributed by atoms with van der Waals surface area (Å²) in [6.07, 6.45) is 1.09. The third-order valence-corrected chi connectivity index (χ3v) is 3.49. The summed E-state index contributed by atoms with van der Waals surface area (Å²) >= 11 is 5.96. The summed E-state index contributed by atoms with van der Waals surface area (Å²) in [6.45, 7) is 3.20. The lowest BCUT2D eigenvalue weighted by Crippen LogP contribution is -2.24. The highest BCUT2D eigenvalue weighted by Gasteiger charge is 2.26. The molecule has 1 saturated heterocycles. The molecule has 4 heteroatoms. The van der Waals surface area contributed by atoms with Gasteiger partial charge in [0.15, 0.2) is 0 Å². The predicted molar refractivity (Wildman–Crippen MR) is 65.5 cm³/mol. The van der Waals surface area contributed by atoms with Crippen LogP contribution in [0.4, 0.5) is 10.1 Å². The first-order chi connectivity index (χ1) is 7.56. The molecule has 1 aromatic rings. The van der Waals surface area contributed by atoms with Gasteiger partial charge in [0.2, 0.25) is 0 Å². The second-order valence-corrected chi connectivity index (χ2v) is 4.90. The molecule has 2 rings (SSSR count). The molecule has 0 aliphatic carbocycles. The van der Waals surface area contributed by atoms with Gasteiger partial charge in [-0.05, 0) is 38.6 Å². The Hall–Kier alpha value is -0.800. The van der Waals surface area contributed by atoms with E-state index in [0.717, 1.165) is 18.7 Å². The van der Waals surface area contributed by atoms with E-state index >= 15 is 0 Å². The Morgan fingerprint density at radius 2 is 2.25 bits per heavy atom. The van der Waals surface area contributed by atoms with Gasteiger partial charge in [-0.2, -0.15) is 0 Å². The van der Waals surface area contributed by atoms with Crippen LogP contribution in [0, 0.1) is 5.82 Å². The second kappa shape index (κ2) is 4.60. The molecule has 0 aromatic heterocycles. The molecule has 0 saturated carbocycles. The number of likely N-dealkylation sites (N-methyl/N-ethyl adjacent to an activating group) is 1. The summed E-state index contributed by atoms with van der Waals surface area (Å²) in [5.74, 6) is -0.299. The zero-order chi connectivity index (χ0) is 11.7. The number of anilines is 1. The number of rotatable bonds is 2. The molecule has 0 bridgehead atoms. The fraction of sp³-hybridized carbons (Fsp3) is 0.500. The molecule has 0 spiro atoms. The summed E-state index contributed by atoms with van der Waals surface area (Å²) in [6, 6.07) is 5.43. The molecule has 2 unspecified atom stereocenters. The van der Waals surface area contributed by atoms with Gasteiger partial charge in [0.05, 0.1) is 10.7 Å². The normalized spacial score (nSPS) is 26.0. The van der Waals surface area contributed by atoms with Crippen molar-refractivity contribution < 1.29 is 4.39 Å². The van der Waals surface area contributed by atoms with Gasteiger partial charge < -0.3 is 10.2 Å². The Morgan fingerprint density at radius 3 is 2.81 bits per heavy atom. The van der Waals surface area contributed by atoms with Crippen molar-refractivity contribution in [2.75, 3.05) is 18.9 Å². The van der Waals surface area contributed by atoms with Gasteiger partial charge in [-0.3, -0.25) is 0 Å². The minimum atomic E-state index is -0.299. The highest BCUT2D eigenvalue weighted by Crippen LogP contribution is 2.26. The van der Waals surface area contributed by atoms with E-state index in [9.17, 15) is 4.39 Å². The van der Waals surface area contributed by atoms with Crippen LogP contribution < -0.4 is 5.32 Å². The number of benzene rings is 1. The van der Waals surface area contributed by atoms with Crippen molar-refractivity contribution in [1.29, 1.82) is 0 Å². The largest absolute Gasteiger partial charge is 0.380 e. The Kier molecular flexibility index (Phi) is 3.36. The fourth-order valence-electron chi connectivity index (χ4n) is 2.12. The molecular formula is C12H16ClFN2. The number of nitrogens with one attached hydrogen (secondary N) is 1. The number of hydrogen-bond donors (Lipinski definition) is 1.